The van der Waals surface area contributed by atoms with Crippen LogP contribution < -0.4 is 10.6 Å². The van der Waals surface area contributed by atoms with Gasteiger partial charge in [-0.2, -0.15) is 0 Å². The summed E-state index contributed by atoms with van der Waals surface area (Å²) >= 11 is 0. The summed E-state index contributed by atoms with van der Waals surface area (Å²) in [7, 11) is 0. The molecule has 0 aromatic heterocycles. The van der Waals surface area contributed by atoms with Crippen molar-refractivity contribution in [2.45, 2.75) is 57.9 Å². The predicted molar refractivity (Wildman–Crippen MR) is 109 cm³/mol. The molecule has 2 atom stereocenters. The first-order chi connectivity index (χ1) is 13.2. The second kappa shape index (κ2) is 9.77. The molecule has 148 valence electrons. The Hall–Kier alpha value is -2.04. The first kappa shape index (κ1) is 19.7. The summed E-state index contributed by atoms with van der Waals surface area (Å²) in [4.78, 5) is 16.7. The van der Waals surface area contributed by atoms with Crippen molar-refractivity contribution in [3.63, 3.8) is 0 Å². The van der Waals surface area contributed by atoms with Crippen LogP contribution in [0.5, 0.6) is 0 Å². The fraction of sp³-hybridized carbons (Fsp3) is 0.636. The van der Waals surface area contributed by atoms with Gasteiger partial charge in [0.15, 0.2) is 5.96 Å². The van der Waals surface area contributed by atoms with Crippen molar-refractivity contribution in [1.82, 2.24) is 10.6 Å². The minimum Gasteiger partial charge on any atom is -0.466 e. The van der Waals surface area contributed by atoms with E-state index in [1.807, 2.05) is 6.92 Å². The summed E-state index contributed by atoms with van der Waals surface area (Å²) < 4.78 is 5.16. The van der Waals surface area contributed by atoms with Crippen molar-refractivity contribution in [3.8, 4) is 0 Å². The number of nitrogens with zero attached hydrogens (tertiary/aromatic N) is 1. The molecule has 3 rings (SSSR count). The third-order valence-electron chi connectivity index (χ3n) is 5.67. The number of hydrogen-bond acceptors (Lipinski definition) is 3. The molecule has 27 heavy (non-hydrogen) atoms. The van der Waals surface area contributed by atoms with Crippen LogP contribution in [-0.4, -0.2) is 37.7 Å². The summed E-state index contributed by atoms with van der Waals surface area (Å²) in [5.74, 6) is 2.27. The molecule has 2 saturated carbocycles. The average Bonchev–Trinajstić information content (AvgIpc) is 3.47. The molecule has 0 spiro atoms. The van der Waals surface area contributed by atoms with Crippen LogP contribution in [0.25, 0.3) is 0 Å². The van der Waals surface area contributed by atoms with E-state index in [4.69, 9.17) is 9.73 Å². The highest BCUT2D eigenvalue weighted by Crippen LogP contribution is 2.47. The quantitative estimate of drug-likeness (QED) is 0.438. The van der Waals surface area contributed by atoms with Gasteiger partial charge in [0.2, 0.25) is 0 Å². The van der Waals surface area contributed by atoms with E-state index in [1.54, 1.807) is 0 Å². The molecule has 5 heteroatoms. The SMILES string of the molecule is CCNC(=NCC1CC1c1ccccc1)NC1CCC(C(=O)OCC)CC1. The zero-order valence-electron chi connectivity index (χ0n) is 16.6. The zero-order chi connectivity index (χ0) is 19.1. The van der Waals surface area contributed by atoms with E-state index in [0.717, 1.165) is 44.7 Å². The highest BCUT2D eigenvalue weighted by Gasteiger charge is 2.37. The molecule has 2 unspecified atom stereocenters. The number of benzene rings is 1. The fourth-order valence-corrected chi connectivity index (χ4v) is 4.01. The average molecular weight is 372 g/mol. The number of carbonyl (C=O) groups excluding carboxylic acids is 1. The molecule has 0 amide bonds. The van der Waals surface area contributed by atoms with Crippen LogP contribution in [0.15, 0.2) is 35.3 Å². The molecule has 1 aromatic carbocycles. The van der Waals surface area contributed by atoms with Crippen molar-refractivity contribution >= 4 is 11.9 Å². The van der Waals surface area contributed by atoms with Gasteiger partial charge < -0.3 is 15.4 Å². The van der Waals surface area contributed by atoms with E-state index >= 15 is 0 Å². The highest BCUT2D eigenvalue weighted by molar-refractivity contribution is 5.80. The van der Waals surface area contributed by atoms with Crippen molar-refractivity contribution in [2.24, 2.45) is 16.8 Å². The fourth-order valence-electron chi connectivity index (χ4n) is 4.01. The predicted octanol–water partition coefficient (Wildman–Crippen LogP) is 3.47. The third kappa shape index (κ3) is 5.72. The summed E-state index contributed by atoms with van der Waals surface area (Å²) in [6.07, 6.45) is 5.01. The lowest BCUT2D eigenvalue weighted by atomic mass is 9.86. The second-order valence-corrected chi connectivity index (χ2v) is 7.68. The Morgan fingerprint density at radius 1 is 1.15 bits per heavy atom. The number of esters is 1. The lowest BCUT2D eigenvalue weighted by Gasteiger charge is -2.29. The molecule has 5 nitrogen and oxygen atoms in total. The normalized spacial score (nSPS) is 27.7. The molecular weight excluding hydrogens is 338 g/mol. The van der Waals surface area contributed by atoms with Gasteiger partial charge in [0, 0.05) is 19.1 Å². The second-order valence-electron chi connectivity index (χ2n) is 7.68. The largest absolute Gasteiger partial charge is 0.466 e. The number of guanidine groups is 1. The van der Waals surface area contributed by atoms with Gasteiger partial charge in [0.25, 0.3) is 0 Å². The molecule has 2 aliphatic carbocycles. The summed E-state index contributed by atoms with van der Waals surface area (Å²) in [5, 5.41) is 6.94. The van der Waals surface area contributed by atoms with Crippen LogP contribution in [0.1, 0.15) is 57.4 Å². The van der Waals surface area contributed by atoms with Crippen LogP contribution in [0.4, 0.5) is 0 Å². The number of nitrogens with one attached hydrogen (secondary N) is 2. The first-order valence-electron chi connectivity index (χ1n) is 10.5. The van der Waals surface area contributed by atoms with E-state index in [0.29, 0.717) is 24.5 Å². The van der Waals surface area contributed by atoms with Gasteiger partial charge in [-0.1, -0.05) is 30.3 Å². The van der Waals surface area contributed by atoms with E-state index in [9.17, 15) is 4.79 Å². The van der Waals surface area contributed by atoms with Crippen LogP contribution in [-0.2, 0) is 9.53 Å². The lowest BCUT2D eigenvalue weighted by molar-refractivity contribution is -0.149. The van der Waals surface area contributed by atoms with E-state index < -0.39 is 0 Å². The van der Waals surface area contributed by atoms with Gasteiger partial charge in [-0.05, 0) is 63.4 Å². The van der Waals surface area contributed by atoms with Crippen molar-refractivity contribution in [1.29, 1.82) is 0 Å². The van der Waals surface area contributed by atoms with Gasteiger partial charge in [0.05, 0.1) is 12.5 Å². The van der Waals surface area contributed by atoms with Gasteiger partial charge in [-0.15, -0.1) is 0 Å². The molecule has 1 aromatic rings. The third-order valence-corrected chi connectivity index (χ3v) is 5.67. The Morgan fingerprint density at radius 2 is 1.89 bits per heavy atom. The molecule has 0 saturated heterocycles. The summed E-state index contributed by atoms with van der Waals surface area (Å²) in [6, 6.07) is 11.1. The minimum atomic E-state index is -0.0304. The number of aliphatic imine (C=N–C) groups is 1. The summed E-state index contributed by atoms with van der Waals surface area (Å²) in [5.41, 5.74) is 1.44. The smallest absolute Gasteiger partial charge is 0.308 e. The Kier molecular flexibility index (Phi) is 7.13. The number of ether oxygens (including phenoxy) is 1. The number of hydrogen-bond donors (Lipinski definition) is 2. The van der Waals surface area contributed by atoms with E-state index in [1.165, 1.54) is 12.0 Å². The van der Waals surface area contributed by atoms with Gasteiger partial charge >= 0.3 is 5.97 Å². The van der Waals surface area contributed by atoms with Crippen LogP contribution in [0.3, 0.4) is 0 Å². The Labute approximate surface area is 163 Å². The van der Waals surface area contributed by atoms with Gasteiger partial charge in [0.1, 0.15) is 0 Å². The van der Waals surface area contributed by atoms with Crippen molar-refractivity contribution in [3.05, 3.63) is 35.9 Å². The standard InChI is InChI=1S/C22H33N3O2/c1-3-23-22(24-15-18-14-20(18)16-8-6-5-7-9-16)25-19-12-10-17(11-13-19)21(26)27-4-2/h5-9,17-20H,3-4,10-15H2,1-2H3,(H2,23,24,25). The summed E-state index contributed by atoms with van der Waals surface area (Å²) in [6.45, 7) is 6.16. The molecule has 2 N–H and O–H groups in total. The molecule has 0 heterocycles. The molecular formula is C22H33N3O2. The monoisotopic (exact) mass is 371 g/mol. The van der Waals surface area contributed by atoms with Crippen LogP contribution in [0.2, 0.25) is 0 Å². The zero-order valence-corrected chi connectivity index (χ0v) is 16.6. The van der Waals surface area contributed by atoms with Crippen molar-refractivity contribution < 1.29 is 9.53 Å². The number of carbonyl (C=O) groups is 1. The Balaban J connectivity index is 1.46. The van der Waals surface area contributed by atoms with Crippen LogP contribution >= 0.6 is 0 Å². The number of rotatable bonds is 7. The maximum Gasteiger partial charge on any atom is 0.308 e. The Morgan fingerprint density at radius 3 is 2.56 bits per heavy atom. The van der Waals surface area contributed by atoms with Gasteiger partial charge in [-0.3, -0.25) is 9.79 Å². The topological polar surface area (TPSA) is 62.7 Å². The Bertz CT molecular complexity index is 624. The van der Waals surface area contributed by atoms with Crippen LogP contribution in [0, 0.1) is 11.8 Å². The molecule has 0 radical (unpaired) electrons. The minimum absolute atomic E-state index is 0.0304. The maximum atomic E-state index is 11.9. The van der Waals surface area contributed by atoms with E-state index in [-0.39, 0.29) is 11.9 Å². The lowest BCUT2D eigenvalue weighted by Crippen LogP contribution is -2.45. The molecule has 2 fully saturated rings. The molecule has 0 aliphatic heterocycles. The van der Waals surface area contributed by atoms with Crippen molar-refractivity contribution in [2.75, 3.05) is 19.7 Å². The van der Waals surface area contributed by atoms with E-state index in [2.05, 4.69) is 47.9 Å². The molecule has 2 aliphatic rings. The maximum absolute atomic E-state index is 11.9. The first-order valence-corrected chi connectivity index (χ1v) is 10.5. The molecule has 0 bridgehead atoms. The van der Waals surface area contributed by atoms with Gasteiger partial charge in [-0.25, -0.2) is 0 Å². The highest BCUT2D eigenvalue weighted by atomic mass is 16.5.